The van der Waals surface area contributed by atoms with Gasteiger partial charge in [0.2, 0.25) is 11.9 Å². The van der Waals surface area contributed by atoms with E-state index in [1.54, 1.807) is 0 Å². The Morgan fingerprint density at radius 2 is 1.83 bits per heavy atom. The summed E-state index contributed by atoms with van der Waals surface area (Å²) in [6.45, 7) is 6.01. The van der Waals surface area contributed by atoms with Gasteiger partial charge in [-0.1, -0.05) is 24.3 Å². The molecular weight excluding hydrogens is 386 g/mol. The number of hydrogen-bond donors (Lipinski definition) is 2. The summed E-state index contributed by atoms with van der Waals surface area (Å²) in [5, 5.41) is 3.11. The molecule has 0 spiro atoms. The van der Waals surface area contributed by atoms with Crippen LogP contribution in [0.3, 0.4) is 0 Å². The number of carbonyl (C=O) groups is 1. The van der Waals surface area contributed by atoms with Crippen molar-refractivity contribution in [3.8, 4) is 0 Å². The van der Waals surface area contributed by atoms with E-state index in [1.807, 2.05) is 50.2 Å². The van der Waals surface area contributed by atoms with E-state index in [1.165, 1.54) is 22.9 Å². The van der Waals surface area contributed by atoms with Crippen LogP contribution in [0, 0.1) is 20.8 Å². The lowest BCUT2D eigenvalue weighted by molar-refractivity contribution is -0.141. The van der Waals surface area contributed by atoms with Gasteiger partial charge in [0, 0.05) is 10.6 Å². The number of nitrogens with two attached hydrogens (primary N) is 1. The molecule has 0 aliphatic carbocycles. The zero-order valence-corrected chi connectivity index (χ0v) is 17.4. The number of carbonyl (C=O) groups excluding carboxylic acids is 1. The minimum atomic E-state index is -0.347. The average molecular weight is 410 g/mol. The number of thioether (sulfide) groups is 1. The minimum Gasteiger partial charge on any atom is -0.457 e. The molecule has 3 aromatic rings. The molecule has 0 fully saturated rings. The van der Waals surface area contributed by atoms with Crippen molar-refractivity contribution < 1.29 is 9.53 Å². The van der Waals surface area contributed by atoms with Gasteiger partial charge in [-0.25, -0.2) is 0 Å². The van der Waals surface area contributed by atoms with Crippen molar-refractivity contribution in [1.29, 1.82) is 0 Å². The van der Waals surface area contributed by atoms with Gasteiger partial charge in [0.1, 0.15) is 0 Å². The number of rotatable bonds is 7. The molecule has 0 aliphatic heterocycles. The minimum absolute atomic E-state index is 0.0617. The summed E-state index contributed by atoms with van der Waals surface area (Å²) in [4.78, 5) is 25.5. The Morgan fingerprint density at radius 3 is 2.59 bits per heavy atom. The van der Waals surface area contributed by atoms with Crippen LogP contribution in [0.15, 0.2) is 47.4 Å². The zero-order chi connectivity index (χ0) is 20.8. The van der Waals surface area contributed by atoms with Crippen LogP contribution in [-0.2, 0) is 16.1 Å². The van der Waals surface area contributed by atoms with E-state index in [0.29, 0.717) is 5.95 Å². The van der Waals surface area contributed by atoms with Crippen molar-refractivity contribution in [2.75, 3.05) is 16.8 Å². The third-order valence-corrected chi connectivity index (χ3v) is 5.26. The summed E-state index contributed by atoms with van der Waals surface area (Å²) in [6, 6.07) is 13.8. The summed E-state index contributed by atoms with van der Waals surface area (Å²) in [6.07, 6.45) is 0. The number of aryl methyl sites for hydroxylation is 3. The maximum Gasteiger partial charge on any atom is 0.316 e. The van der Waals surface area contributed by atoms with Crippen molar-refractivity contribution >= 4 is 35.3 Å². The fraction of sp³-hybridized carbons (Fsp3) is 0.238. The standard InChI is InChI=1S/C21H23N5O2S/c1-13-8-9-16(10-15(13)3)29-12-19(27)28-11-18-24-20(22)26-21(25-18)23-17-7-5-4-6-14(17)2/h4-10H,11-12H2,1-3H3,(H3,22,23,24,25,26). The van der Waals surface area contributed by atoms with Crippen LogP contribution in [0.1, 0.15) is 22.5 Å². The Hall–Kier alpha value is -3.13. The molecule has 2 aromatic carbocycles. The quantitative estimate of drug-likeness (QED) is 0.446. The van der Waals surface area contributed by atoms with E-state index in [2.05, 4.69) is 33.3 Å². The van der Waals surface area contributed by atoms with Crippen molar-refractivity contribution in [3.63, 3.8) is 0 Å². The Balaban J connectivity index is 1.57. The first-order valence-electron chi connectivity index (χ1n) is 9.09. The van der Waals surface area contributed by atoms with Crippen LogP contribution in [0.25, 0.3) is 0 Å². The fourth-order valence-electron chi connectivity index (χ4n) is 2.52. The molecule has 8 heteroatoms. The summed E-state index contributed by atoms with van der Waals surface area (Å²) >= 11 is 1.43. The van der Waals surface area contributed by atoms with E-state index < -0.39 is 0 Å². The number of esters is 1. The third kappa shape index (κ3) is 5.92. The van der Waals surface area contributed by atoms with Crippen molar-refractivity contribution in [1.82, 2.24) is 15.0 Å². The highest BCUT2D eigenvalue weighted by Gasteiger charge is 2.10. The van der Waals surface area contributed by atoms with Gasteiger partial charge in [0.15, 0.2) is 12.4 Å². The first-order valence-corrected chi connectivity index (χ1v) is 10.1. The maximum absolute atomic E-state index is 12.1. The Labute approximate surface area is 174 Å². The monoisotopic (exact) mass is 409 g/mol. The van der Waals surface area contributed by atoms with Gasteiger partial charge in [0.25, 0.3) is 0 Å². The van der Waals surface area contributed by atoms with Gasteiger partial charge < -0.3 is 15.8 Å². The van der Waals surface area contributed by atoms with E-state index >= 15 is 0 Å². The van der Waals surface area contributed by atoms with Crippen LogP contribution in [0.4, 0.5) is 17.6 Å². The first-order chi connectivity index (χ1) is 13.9. The second-order valence-electron chi connectivity index (χ2n) is 6.57. The van der Waals surface area contributed by atoms with Gasteiger partial charge in [0.05, 0.1) is 5.75 Å². The van der Waals surface area contributed by atoms with Crippen molar-refractivity contribution in [2.24, 2.45) is 0 Å². The Morgan fingerprint density at radius 1 is 1.03 bits per heavy atom. The van der Waals surface area contributed by atoms with Crippen LogP contribution in [0.2, 0.25) is 0 Å². The normalized spacial score (nSPS) is 10.6. The van der Waals surface area contributed by atoms with Crippen LogP contribution < -0.4 is 11.1 Å². The van der Waals surface area contributed by atoms with E-state index in [4.69, 9.17) is 10.5 Å². The molecule has 0 aliphatic rings. The molecule has 0 unspecified atom stereocenters. The van der Waals surface area contributed by atoms with Crippen LogP contribution >= 0.6 is 11.8 Å². The van der Waals surface area contributed by atoms with Crippen molar-refractivity contribution in [3.05, 3.63) is 65.0 Å². The predicted octanol–water partition coefficient (Wildman–Crippen LogP) is 3.96. The molecule has 7 nitrogen and oxygen atoms in total. The zero-order valence-electron chi connectivity index (χ0n) is 16.6. The average Bonchev–Trinajstić information content (AvgIpc) is 2.69. The molecule has 29 heavy (non-hydrogen) atoms. The van der Waals surface area contributed by atoms with E-state index in [0.717, 1.165) is 16.1 Å². The predicted molar refractivity (Wildman–Crippen MR) is 115 cm³/mol. The van der Waals surface area contributed by atoms with Crippen LogP contribution in [-0.4, -0.2) is 26.7 Å². The van der Waals surface area contributed by atoms with E-state index in [9.17, 15) is 4.79 Å². The molecule has 1 heterocycles. The number of nitrogens with zero attached hydrogens (tertiary/aromatic N) is 3. The SMILES string of the molecule is Cc1ccc(SCC(=O)OCc2nc(N)nc(Nc3ccccc3C)n2)cc1C. The summed E-state index contributed by atoms with van der Waals surface area (Å²) < 4.78 is 5.29. The lowest BCUT2D eigenvalue weighted by Gasteiger charge is -2.10. The van der Waals surface area contributed by atoms with E-state index in [-0.39, 0.29) is 30.1 Å². The summed E-state index contributed by atoms with van der Waals surface area (Å²) in [5.74, 6) is 0.518. The van der Waals surface area contributed by atoms with Gasteiger partial charge in [-0.05, 0) is 55.7 Å². The first kappa shape index (κ1) is 20.6. The number of anilines is 3. The van der Waals surface area contributed by atoms with Gasteiger partial charge in [-0.15, -0.1) is 11.8 Å². The Kier molecular flexibility index (Phi) is 6.66. The van der Waals surface area contributed by atoms with Crippen LogP contribution in [0.5, 0.6) is 0 Å². The smallest absolute Gasteiger partial charge is 0.316 e. The molecule has 3 rings (SSSR count). The fourth-order valence-corrected chi connectivity index (χ4v) is 3.32. The molecule has 1 aromatic heterocycles. The third-order valence-electron chi connectivity index (χ3n) is 4.29. The summed E-state index contributed by atoms with van der Waals surface area (Å²) in [7, 11) is 0. The molecule has 0 saturated carbocycles. The molecule has 0 atom stereocenters. The second kappa shape index (κ2) is 9.38. The highest BCUT2D eigenvalue weighted by Crippen LogP contribution is 2.21. The summed E-state index contributed by atoms with van der Waals surface area (Å²) in [5.41, 5.74) is 10.1. The number of para-hydroxylation sites is 1. The number of nitrogen functional groups attached to an aromatic ring is 1. The van der Waals surface area contributed by atoms with Gasteiger partial charge in [-0.3, -0.25) is 4.79 Å². The number of benzene rings is 2. The molecular formula is C21H23N5O2S. The molecule has 0 amide bonds. The van der Waals surface area contributed by atoms with Gasteiger partial charge >= 0.3 is 5.97 Å². The maximum atomic E-state index is 12.1. The number of nitrogens with one attached hydrogen (secondary N) is 1. The number of aromatic nitrogens is 3. The highest BCUT2D eigenvalue weighted by molar-refractivity contribution is 8.00. The molecule has 0 bridgehead atoms. The molecule has 150 valence electrons. The lowest BCUT2D eigenvalue weighted by Crippen LogP contribution is -2.12. The number of ether oxygens (including phenoxy) is 1. The highest BCUT2D eigenvalue weighted by atomic mass is 32.2. The molecule has 0 radical (unpaired) electrons. The van der Waals surface area contributed by atoms with Gasteiger partial charge in [-0.2, -0.15) is 15.0 Å². The lowest BCUT2D eigenvalue weighted by atomic mass is 10.1. The Bertz CT molecular complexity index is 1030. The number of hydrogen-bond acceptors (Lipinski definition) is 8. The molecule has 0 saturated heterocycles. The largest absolute Gasteiger partial charge is 0.457 e. The van der Waals surface area contributed by atoms with Crippen molar-refractivity contribution in [2.45, 2.75) is 32.3 Å². The second-order valence-corrected chi connectivity index (χ2v) is 7.62. The topological polar surface area (TPSA) is 103 Å². The molecule has 3 N–H and O–H groups in total.